The van der Waals surface area contributed by atoms with Gasteiger partial charge in [0, 0.05) is 30.1 Å². The van der Waals surface area contributed by atoms with E-state index in [9.17, 15) is 5.11 Å². The minimum Gasteiger partial charge on any atom is -0.508 e. The second-order valence-electron chi connectivity index (χ2n) is 5.87. The van der Waals surface area contributed by atoms with E-state index in [0.29, 0.717) is 5.75 Å². The van der Waals surface area contributed by atoms with E-state index in [-0.39, 0.29) is 23.9 Å². The molecule has 1 aliphatic heterocycles. The molecule has 1 unspecified atom stereocenters. The Kier molecular flexibility index (Phi) is 5.68. The van der Waals surface area contributed by atoms with E-state index >= 15 is 0 Å². The molecule has 0 aliphatic carbocycles. The fourth-order valence-electron chi connectivity index (χ4n) is 2.54. The Balaban J connectivity index is 0.00000180. The number of benzene rings is 1. The number of piperidine rings is 1. The molecule has 1 aromatic rings. The smallest absolute Gasteiger partial charge is 0.115 e. The molecule has 108 valence electrons. The lowest BCUT2D eigenvalue weighted by atomic mass is 9.79. The second-order valence-corrected chi connectivity index (χ2v) is 6.72. The van der Waals surface area contributed by atoms with Gasteiger partial charge in [-0.1, -0.05) is 29.8 Å². The van der Waals surface area contributed by atoms with E-state index in [4.69, 9.17) is 5.73 Å². The van der Waals surface area contributed by atoms with E-state index in [2.05, 4.69) is 34.7 Å². The molecule has 0 aromatic heterocycles. The van der Waals surface area contributed by atoms with Gasteiger partial charge in [-0.15, -0.1) is 12.4 Å². The molecule has 0 radical (unpaired) electrons. The van der Waals surface area contributed by atoms with Crippen LogP contribution < -0.4 is 5.73 Å². The SMILES string of the molecule is CC1(C)CN(Cc2cc(O)ccc2Br)CCC1N.Cl. The van der Waals surface area contributed by atoms with Gasteiger partial charge in [0.15, 0.2) is 0 Å². The maximum Gasteiger partial charge on any atom is 0.115 e. The zero-order valence-electron chi connectivity index (χ0n) is 11.4. The summed E-state index contributed by atoms with van der Waals surface area (Å²) in [5.74, 6) is 0.321. The van der Waals surface area contributed by atoms with Crippen molar-refractivity contribution in [3.63, 3.8) is 0 Å². The Morgan fingerprint density at radius 1 is 1.47 bits per heavy atom. The fourth-order valence-corrected chi connectivity index (χ4v) is 2.92. The van der Waals surface area contributed by atoms with Gasteiger partial charge < -0.3 is 10.8 Å². The van der Waals surface area contributed by atoms with Crippen molar-refractivity contribution in [3.8, 4) is 5.75 Å². The van der Waals surface area contributed by atoms with Crippen LogP contribution in [-0.2, 0) is 6.54 Å². The van der Waals surface area contributed by atoms with E-state index < -0.39 is 0 Å². The van der Waals surface area contributed by atoms with Gasteiger partial charge in [0.25, 0.3) is 0 Å². The van der Waals surface area contributed by atoms with Gasteiger partial charge in [0.1, 0.15) is 5.75 Å². The second kappa shape index (κ2) is 6.44. The summed E-state index contributed by atoms with van der Waals surface area (Å²) in [5.41, 5.74) is 7.43. The number of hydrogen-bond donors (Lipinski definition) is 2. The molecular weight excluding hydrogens is 328 g/mol. The minimum atomic E-state index is 0. The van der Waals surface area contributed by atoms with Crippen molar-refractivity contribution in [3.05, 3.63) is 28.2 Å². The maximum absolute atomic E-state index is 9.55. The van der Waals surface area contributed by atoms with Crippen LogP contribution in [0.4, 0.5) is 0 Å². The van der Waals surface area contributed by atoms with E-state index in [1.54, 1.807) is 6.07 Å². The molecule has 2 rings (SSSR count). The lowest BCUT2D eigenvalue weighted by Gasteiger charge is -2.42. The van der Waals surface area contributed by atoms with Crippen molar-refractivity contribution in [1.82, 2.24) is 4.90 Å². The zero-order valence-corrected chi connectivity index (χ0v) is 13.8. The molecule has 3 N–H and O–H groups in total. The quantitative estimate of drug-likeness (QED) is 0.862. The molecule has 1 heterocycles. The molecule has 1 atom stereocenters. The molecule has 0 bridgehead atoms. The highest BCUT2D eigenvalue weighted by Gasteiger charge is 2.33. The predicted molar refractivity (Wildman–Crippen MR) is 84.7 cm³/mol. The molecule has 0 spiro atoms. The monoisotopic (exact) mass is 348 g/mol. The third kappa shape index (κ3) is 4.09. The summed E-state index contributed by atoms with van der Waals surface area (Å²) in [4.78, 5) is 2.41. The summed E-state index contributed by atoms with van der Waals surface area (Å²) in [6, 6.07) is 5.70. The number of hydrogen-bond acceptors (Lipinski definition) is 3. The number of nitrogens with two attached hydrogens (primary N) is 1. The number of phenolic OH excluding ortho intramolecular Hbond substituents is 1. The van der Waals surface area contributed by atoms with Crippen LogP contribution in [0.15, 0.2) is 22.7 Å². The van der Waals surface area contributed by atoms with Gasteiger partial charge >= 0.3 is 0 Å². The van der Waals surface area contributed by atoms with Gasteiger partial charge in [0.05, 0.1) is 0 Å². The number of nitrogens with zero attached hydrogens (tertiary/aromatic N) is 1. The molecule has 3 nitrogen and oxygen atoms in total. The van der Waals surface area contributed by atoms with Crippen molar-refractivity contribution in [2.75, 3.05) is 13.1 Å². The van der Waals surface area contributed by atoms with Gasteiger partial charge in [-0.3, -0.25) is 4.90 Å². The van der Waals surface area contributed by atoms with Crippen LogP contribution >= 0.6 is 28.3 Å². The van der Waals surface area contributed by atoms with E-state index in [1.807, 2.05) is 12.1 Å². The summed E-state index contributed by atoms with van der Waals surface area (Å²) in [6.45, 7) is 7.32. The van der Waals surface area contributed by atoms with Crippen molar-refractivity contribution >= 4 is 28.3 Å². The number of rotatable bonds is 2. The average Bonchev–Trinajstić information content (AvgIpc) is 2.28. The topological polar surface area (TPSA) is 49.5 Å². The standard InChI is InChI=1S/C14H21BrN2O.ClH/c1-14(2)9-17(6-5-13(14)16)8-10-7-11(18)3-4-12(10)15;/h3-4,7,13,18H,5-6,8-9,16H2,1-2H3;1H. The summed E-state index contributed by atoms with van der Waals surface area (Å²) < 4.78 is 1.05. The summed E-state index contributed by atoms with van der Waals surface area (Å²) >= 11 is 3.54. The van der Waals surface area contributed by atoms with Crippen molar-refractivity contribution in [2.45, 2.75) is 32.9 Å². The largest absolute Gasteiger partial charge is 0.508 e. The molecule has 1 saturated heterocycles. The van der Waals surface area contributed by atoms with E-state index in [1.165, 1.54) is 0 Å². The summed E-state index contributed by atoms with van der Waals surface area (Å²) in [6.07, 6.45) is 1.03. The molecule has 1 fully saturated rings. The Bertz CT molecular complexity index is 439. The van der Waals surface area contributed by atoms with E-state index in [0.717, 1.165) is 36.1 Å². The van der Waals surface area contributed by atoms with Crippen LogP contribution in [0.1, 0.15) is 25.8 Å². The third-order valence-electron chi connectivity index (χ3n) is 3.81. The highest BCUT2D eigenvalue weighted by Crippen LogP contribution is 2.30. The first-order valence-electron chi connectivity index (χ1n) is 6.34. The van der Waals surface area contributed by atoms with Crippen LogP contribution in [0.25, 0.3) is 0 Å². The highest BCUT2D eigenvalue weighted by atomic mass is 79.9. The summed E-state index contributed by atoms with van der Waals surface area (Å²) in [7, 11) is 0. The normalized spacial score (nSPS) is 22.8. The maximum atomic E-state index is 9.55. The molecular formula is C14H22BrClN2O. The summed E-state index contributed by atoms with van der Waals surface area (Å²) in [5, 5.41) is 9.55. The first-order valence-corrected chi connectivity index (χ1v) is 7.13. The highest BCUT2D eigenvalue weighted by molar-refractivity contribution is 9.10. The van der Waals surface area contributed by atoms with Gasteiger partial charge in [-0.25, -0.2) is 0 Å². The van der Waals surface area contributed by atoms with Crippen LogP contribution in [0.5, 0.6) is 5.75 Å². The molecule has 0 amide bonds. The average molecular weight is 350 g/mol. The Labute approximate surface area is 129 Å². The van der Waals surface area contributed by atoms with Crippen molar-refractivity contribution in [2.24, 2.45) is 11.1 Å². The molecule has 0 saturated carbocycles. The first kappa shape index (κ1) is 16.8. The molecule has 19 heavy (non-hydrogen) atoms. The number of phenols is 1. The van der Waals surface area contributed by atoms with Gasteiger partial charge in [-0.05, 0) is 35.6 Å². The van der Waals surface area contributed by atoms with Gasteiger partial charge in [0.2, 0.25) is 0 Å². The fraction of sp³-hybridized carbons (Fsp3) is 0.571. The Hall–Kier alpha value is -0.290. The number of aromatic hydroxyl groups is 1. The Morgan fingerprint density at radius 2 is 2.16 bits per heavy atom. The van der Waals surface area contributed by atoms with Crippen LogP contribution in [-0.4, -0.2) is 29.1 Å². The minimum absolute atomic E-state index is 0. The predicted octanol–water partition coefficient (Wildman–Crippen LogP) is 3.14. The van der Waals surface area contributed by atoms with Gasteiger partial charge in [-0.2, -0.15) is 0 Å². The lowest BCUT2D eigenvalue weighted by molar-refractivity contribution is 0.0897. The number of likely N-dealkylation sites (tertiary alicyclic amines) is 1. The molecule has 1 aliphatic rings. The van der Waals surface area contributed by atoms with Crippen molar-refractivity contribution < 1.29 is 5.11 Å². The van der Waals surface area contributed by atoms with Crippen LogP contribution in [0.2, 0.25) is 0 Å². The lowest BCUT2D eigenvalue weighted by Crippen LogP contribution is -2.52. The number of halogens is 2. The van der Waals surface area contributed by atoms with Crippen molar-refractivity contribution in [1.29, 1.82) is 0 Å². The Morgan fingerprint density at radius 3 is 2.79 bits per heavy atom. The molecule has 5 heteroatoms. The third-order valence-corrected chi connectivity index (χ3v) is 4.59. The molecule has 1 aromatic carbocycles. The van der Waals surface area contributed by atoms with Crippen LogP contribution in [0.3, 0.4) is 0 Å². The first-order chi connectivity index (χ1) is 8.38. The zero-order chi connectivity index (χ0) is 13.3. The van der Waals surface area contributed by atoms with Crippen LogP contribution in [0, 0.1) is 5.41 Å².